The van der Waals surface area contributed by atoms with E-state index in [9.17, 15) is 14.4 Å². The van der Waals surface area contributed by atoms with E-state index in [-0.39, 0.29) is 23.1 Å². The van der Waals surface area contributed by atoms with Crippen molar-refractivity contribution < 1.29 is 28.6 Å². The lowest BCUT2D eigenvalue weighted by Crippen LogP contribution is -2.29. The van der Waals surface area contributed by atoms with Crippen LogP contribution >= 0.6 is 11.6 Å². The van der Waals surface area contributed by atoms with E-state index in [4.69, 9.17) is 21.1 Å². The average Bonchev–Trinajstić information content (AvgIpc) is 3.10. The number of ether oxygens (including phenoxy) is 3. The molecule has 0 spiro atoms. The molecule has 0 saturated heterocycles. The quantitative estimate of drug-likeness (QED) is 0.630. The van der Waals surface area contributed by atoms with E-state index < -0.39 is 17.8 Å². The van der Waals surface area contributed by atoms with Crippen LogP contribution in [0, 0.1) is 0 Å². The van der Waals surface area contributed by atoms with Crippen LogP contribution in [-0.2, 0) is 14.3 Å². The van der Waals surface area contributed by atoms with Crippen molar-refractivity contribution in [1.82, 2.24) is 0 Å². The molecule has 9 heteroatoms. The van der Waals surface area contributed by atoms with Crippen molar-refractivity contribution in [3.63, 3.8) is 0 Å². The van der Waals surface area contributed by atoms with Gasteiger partial charge in [-0.2, -0.15) is 0 Å². The number of methoxy groups -OCH3 is 1. The summed E-state index contributed by atoms with van der Waals surface area (Å²) in [5.41, 5.74) is 0.660. The molecule has 0 atom stereocenters. The Bertz CT molecular complexity index is 899. The number of amides is 2. The molecule has 0 aliphatic carbocycles. The molecule has 8 nitrogen and oxygen atoms in total. The van der Waals surface area contributed by atoms with Gasteiger partial charge in [-0.05, 0) is 30.3 Å². The molecule has 3 rings (SSSR count). The Balaban J connectivity index is 1.69. The Labute approximate surface area is 153 Å². The minimum absolute atomic E-state index is 0.0995. The van der Waals surface area contributed by atoms with Crippen LogP contribution in [0.15, 0.2) is 36.4 Å². The number of rotatable bonds is 3. The molecular formula is C17H13ClN2O6. The van der Waals surface area contributed by atoms with Gasteiger partial charge in [0.05, 0.1) is 23.4 Å². The second-order valence-corrected chi connectivity index (χ2v) is 5.57. The number of nitrogens with one attached hydrogen (secondary N) is 2. The first-order chi connectivity index (χ1) is 12.5. The Morgan fingerprint density at radius 1 is 1.00 bits per heavy atom. The maximum Gasteiger partial charge on any atom is 0.337 e. The minimum Gasteiger partial charge on any atom is -0.465 e. The van der Waals surface area contributed by atoms with Gasteiger partial charge in [-0.3, -0.25) is 9.59 Å². The fraction of sp³-hybridized carbons (Fsp3) is 0.118. The first kappa shape index (κ1) is 17.6. The van der Waals surface area contributed by atoms with E-state index in [2.05, 4.69) is 15.4 Å². The number of fused-ring (bicyclic) bond motifs is 1. The third kappa shape index (κ3) is 3.70. The third-order valence-electron chi connectivity index (χ3n) is 3.47. The van der Waals surface area contributed by atoms with Gasteiger partial charge in [0, 0.05) is 11.8 Å². The van der Waals surface area contributed by atoms with Crippen molar-refractivity contribution in [3.05, 3.63) is 47.0 Å². The summed E-state index contributed by atoms with van der Waals surface area (Å²) in [4.78, 5) is 35.7. The normalized spacial score (nSPS) is 11.6. The van der Waals surface area contributed by atoms with Crippen LogP contribution < -0.4 is 20.1 Å². The van der Waals surface area contributed by atoms with Crippen molar-refractivity contribution in [2.24, 2.45) is 0 Å². The zero-order valence-corrected chi connectivity index (χ0v) is 14.3. The van der Waals surface area contributed by atoms with Crippen molar-refractivity contribution in [1.29, 1.82) is 0 Å². The lowest BCUT2D eigenvalue weighted by molar-refractivity contribution is -0.132. The molecule has 0 unspecified atom stereocenters. The summed E-state index contributed by atoms with van der Waals surface area (Å²) in [7, 11) is 1.23. The van der Waals surface area contributed by atoms with Crippen LogP contribution in [0.5, 0.6) is 11.5 Å². The van der Waals surface area contributed by atoms with Gasteiger partial charge in [-0.15, -0.1) is 0 Å². The summed E-state index contributed by atoms with van der Waals surface area (Å²) < 4.78 is 15.0. The van der Waals surface area contributed by atoms with Gasteiger partial charge in [-0.1, -0.05) is 11.6 Å². The highest BCUT2D eigenvalue weighted by atomic mass is 35.5. The molecule has 0 aromatic heterocycles. The molecule has 0 fully saturated rings. The highest BCUT2D eigenvalue weighted by Gasteiger charge is 2.19. The van der Waals surface area contributed by atoms with Crippen LogP contribution in [0.1, 0.15) is 10.4 Å². The van der Waals surface area contributed by atoms with Gasteiger partial charge in [0.2, 0.25) is 6.79 Å². The van der Waals surface area contributed by atoms with Crippen molar-refractivity contribution in [2.75, 3.05) is 24.5 Å². The van der Waals surface area contributed by atoms with E-state index in [1.54, 1.807) is 18.2 Å². The van der Waals surface area contributed by atoms with Crippen LogP contribution in [-0.4, -0.2) is 31.7 Å². The monoisotopic (exact) mass is 376 g/mol. The van der Waals surface area contributed by atoms with Crippen LogP contribution in [0.25, 0.3) is 0 Å². The molecule has 1 aliphatic heterocycles. The average molecular weight is 377 g/mol. The molecule has 1 heterocycles. The molecular weight excluding hydrogens is 364 g/mol. The number of anilines is 2. The molecule has 26 heavy (non-hydrogen) atoms. The van der Waals surface area contributed by atoms with Gasteiger partial charge in [0.1, 0.15) is 0 Å². The predicted molar refractivity (Wildman–Crippen MR) is 92.6 cm³/mol. The maximum absolute atomic E-state index is 12.1. The van der Waals surface area contributed by atoms with E-state index in [1.165, 1.54) is 25.3 Å². The smallest absolute Gasteiger partial charge is 0.337 e. The van der Waals surface area contributed by atoms with E-state index >= 15 is 0 Å². The molecule has 1 aliphatic rings. The molecule has 0 radical (unpaired) electrons. The fourth-order valence-electron chi connectivity index (χ4n) is 2.21. The Morgan fingerprint density at radius 2 is 1.73 bits per heavy atom. The van der Waals surface area contributed by atoms with Gasteiger partial charge < -0.3 is 24.8 Å². The first-order valence-corrected chi connectivity index (χ1v) is 7.75. The molecule has 2 N–H and O–H groups in total. The Morgan fingerprint density at radius 3 is 2.50 bits per heavy atom. The van der Waals surface area contributed by atoms with Gasteiger partial charge >= 0.3 is 17.8 Å². The zero-order valence-electron chi connectivity index (χ0n) is 13.5. The van der Waals surface area contributed by atoms with Crippen LogP contribution in [0.3, 0.4) is 0 Å². The van der Waals surface area contributed by atoms with E-state index in [1.807, 2.05) is 0 Å². The molecule has 0 saturated carbocycles. The number of halogens is 1. The number of hydrogen-bond donors (Lipinski definition) is 2. The topological polar surface area (TPSA) is 103 Å². The highest BCUT2D eigenvalue weighted by molar-refractivity contribution is 6.44. The second-order valence-electron chi connectivity index (χ2n) is 5.16. The molecule has 2 aromatic rings. The minimum atomic E-state index is -0.952. The summed E-state index contributed by atoms with van der Waals surface area (Å²) in [5, 5.41) is 4.96. The zero-order chi connectivity index (χ0) is 18.7. The second kappa shape index (κ2) is 7.32. The van der Waals surface area contributed by atoms with Gasteiger partial charge in [-0.25, -0.2) is 4.79 Å². The number of benzene rings is 2. The molecule has 2 amide bonds. The Hall–Kier alpha value is -3.26. The van der Waals surface area contributed by atoms with E-state index in [0.717, 1.165) is 0 Å². The van der Waals surface area contributed by atoms with Crippen LogP contribution in [0.4, 0.5) is 11.4 Å². The summed E-state index contributed by atoms with van der Waals surface area (Å²) in [6, 6.07) is 8.91. The van der Waals surface area contributed by atoms with Crippen molar-refractivity contribution >= 4 is 40.8 Å². The number of carbonyl (C=O) groups is 3. The number of esters is 1. The lowest BCUT2D eigenvalue weighted by Gasteiger charge is -2.09. The SMILES string of the molecule is COC(=O)c1ccc(Cl)c(NC(=O)C(=O)Nc2ccc3c(c2)OCO3)c1. The Kier molecular flexibility index (Phi) is 4.94. The molecule has 0 bridgehead atoms. The summed E-state index contributed by atoms with van der Waals surface area (Å²) >= 11 is 5.99. The first-order valence-electron chi connectivity index (χ1n) is 7.38. The molecule has 2 aromatic carbocycles. The summed E-state index contributed by atoms with van der Waals surface area (Å²) in [5.74, 6) is -1.44. The van der Waals surface area contributed by atoms with Crippen molar-refractivity contribution in [2.45, 2.75) is 0 Å². The third-order valence-corrected chi connectivity index (χ3v) is 3.80. The fourth-order valence-corrected chi connectivity index (χ4v) is 2.37. The summed E-state index contributed by atoms with van der Waals surface area (Å²) in [6.45, 7) is 0.0995. The van der Waals surface area contributed by atoms with Gasteiger partial charge in [0.15, 0.2) is 11.5 Å². The lowest BCUT2D eigenvalue weighted by atomic mass is 10.2. The maximum atomic E-state index is 12.1. The number of carbonyl (C=O) groups excluding carboxylic acids is 3. The number of hydrogen-bond acceptors (Lipinski definition) is 6. The standard InChI is InChI=1S/C17H13ClN2O6/c1-24-17(23)9-2-4-11(18)12(6-9)20-16(22)15(21)19-10-3-5-13-14(7-10)26-8-25-13/h2-7H,8H2,1H3,(H,19,21)(H,20,22). The molecule has 134 valence electrons. The predicted octanol–water partition coefficient (Wildman–Crippen LogP) is 2.43. The summed E-state index contributed by atoms with van der Waals surface area (Å²) in [6.07, 6.45) is 0. The van der Waals surface area contributed by atoms with E-state index in [0.29, 0.717) is 17.2 Å². The van der Waals surface area contributed by atoms with Gasteiger partial charge in [0.25, 0.3) is 0 Å². The largest absolute Gasteiger partial charge is 0.465 e. The highest BCUT2D eigenvalue weighted by Crippen LogP contribution is 2.34. The van der Waals surface area contributed by atoms with Crippen LogP contribution in [0.2, 0.25) is 5.02 Å². The van der Waals surface area contributed by atoms with Crippen molar-refractivity contribution in [3.8, 4) is 11.5 Å².